The van der Waals surface area contributed by atoms with Crippen LogP contribution < -0.4 is 4.90 Å². The third-order valence-corrected chi connectivity index (χ3v) is 10.7. The van der Waals surface area contributed by atoms with Crippen molar-refractivity contribution in [2.45, 2.75) is 29.9 Å². The van der Waals surface area contributed by atoms with Gasteiger partial charge in [0.1, 0.15) is 0 Å². The molecule has 1 aliphatic heterocycles. The molecular formula is C26H23Br2NO5. The van der Waals surface area contributed by atoms with Crippen LogP contribution in [0.2, 0.25) is 0 Å². The summed E-state index contributed by atoms with van der Waals surface area (Å²) in [6.07, 6.45) is 0.830. The number of ether oxygens (including phenoxy) is 1. The zero-order valence-corrected chi connectivity index (χ0v) is 21.8. The lowest BCUT2D eigenvalue weighted by atomic mass is 9.81. The number of aryl methyl sites for hydroxylation is 2. The van der Waals surface area contributed by atoms with Crippen molar-refractivity contribution in [3.63, 3.8) is 0 Å². The number of benzene rings is 2. The number of nitrogens with zero attached hydrogens (tertiary/aromatic N) is 1. The molecule has 34 heavy (non-hydrogen) atoms. The molecule has 1 heterocycles. The standard InChI is InChI=1S/C26H23Br2NO5/c1-12-7-8-14(9-13(12)2)19(30)11-34-26(33)15-5-3-4-6-18(15)29-24(31)20-16-10-17(21(20)25(29)32)23(28)22(16)27/h3-9,16-17,20-23H,10-11H2,1-2H3/t16-,17-,20-,21+,22+,23+/m1/s1. The Morgan fingerprint density at radius 2 is 1.56 bits per heavy atom. The lowest BCUT2D eigenvalue weighted by molar-refractivity contribution is -0.123. The Morgan fingerprint density at radius 1 is 0.941 bits per heavy atom. The van der Waals surface area contributed by atoms with E-state index in [1.165, 1.54) is 6.07 Å². The Kier molecular flexibility index (Phi) is 6.01. The van der Waals surface area contributed by atoms with E-state index in [4.69, 9.17) is 4.74 Å². The molecule has 6 nitrogen and oxygen atoms in total. The van der Waals surface area contributed by atoms with E-state index >= 15 is 0 Å². The Morgan fingerprint density at radius 3 is 2.18 bits per heavy atom. The highest BCUT2D eigenvalue weighted by atomic mass is 79.9. The number of hydrogen-bond donors (Lipinski definition) is 0. The van der Waals surface area contributed by atoms with E-state index in [1.807, 2.05) is 19.9 Å². The van der Waals surface area contributed by atoms with Crippen molar-refractivity contribution < 1.29 is 23.9 Å². The summed E-state index contributed by atoms with van der Waals surface area (Å²) >= 11 is 7.37. The molecule has 8 heteroatoms. The molecule has 0 radical (unpaired) electrons. The van der Waals surface area contributed by atoms with Gasteiger partial charge >= 0.3 is 5.97 Å². The second kappa shape index (κ2) is 8.72. The van der Waals surface area contributed by atoms with Crippen molar-refractivity contribution in [1.29, 1.82) is 0 Å². The summed E-state index contributed by atoms with van der Waals surface area (Å²) in [5.74, 6) is -2.20. The maximum absolute atomic E-state index is 13.4. The second-order valence-corrected chi connectivity index (χ2v) is 11.4. The van der Waals surface area contributed by atoms with E-state index < -0.39 is 12.6 Å². The molecule has 2 aliphatic carbocycles. The molecule has 1 saturated heterocycles. The zero-order chi connectivity index (χ0) is 24.3. The normalized spacial score (nSPS) is 29.5. The zero-order valence-electron chi connectivity index (χ0n) is 18.7. The van der Waals surface area contributed by atoms with Gasteiger partial charge in [-0.3, -0.25) is 14.4 Å². The van der Waals surface area contributed by atoms with Crippen molar-refractivity contribution in [1.82, 2.24) is 0 Å². The highest BCUT2D eigenvalue weighted by molar-refractivity contribution is 9.12. The first-order valence-electron chi connectivity index (χ1n) is 11.2. The highest BCUT2D eigenvalue weighted by Gasteiger charge is 2.66. The van der Waals surface area contributed by atoms with Crippen LogP contribution in [-0.4, -0.2) is 39.8 Å². The van der Waals surface area contributed by atoms with Crippen molar-refractivity contribution >= 4 is 61.1 Å². The molecule has 2 aromatic carbocycles. The summed E-state index contributed by atoms with van der Waals surface area (Å²) < 4.78 is 5.32. The molecule has 2 bridgehead atoms. The van der Waals surface area contributed by atoms with Crippen LogP contribution in [-0.2, 0) is 14.3 Å². The summed E-state index contributed by atoms with van der Waals surface area (Å²) in [5.41, 5.74) is 2.82. The molecule has 0 spiro atoms. The van der Waals surface area contributed by atoms with Gasteiger partial charge in [-0.1, -0.05) is 56.1 Å². The molecule has 6 atom stereocenters. The minimum Gasteiger partial charge on any atom is -0.454 e. The van der Waals surface area contributed by atoms with Crippen LogP contribution in [0.3, 0.4) is 0 Å². The molecule has 2 saturated carbocycles. The molecule has 2 aromatic rings. The number of esters is 1. The van der Waals surface area contributed by atoms with Crippen LogP contribution in [0, 0.1) is 37.5 Å². The molecule has 0 aromatic heterocycles. The number of imide groups is 1. The van der Waals surface area contributed by atoms with Gasteiger partial charge in [0.05, 0.1) is 23.1 Å². The molecule has 0 N–H and O–H groups in total. The van der Waals surface area contributed by atoms with Crippen LogP contribution >= 0.6 is 31.9 Å². The SMILES string of the molecule is Cc1ccc(C(=O)COC(=O)c2ccccc2N2C(=O)[C@@H]3[C@H]4C[C@@H]([C@H](Br)[C@H]4Br)[C@@H]3C2=O)cc1C. The maximum atomic E-state index is 13.4. The van der Waals surface area contributed by atoms with Gasteiger partial charge in [0.15, 0.2) is 12.4 Å². The first-order valence-corrected chi connectivity index (χ1v) is 13.1. The predicted molar refractivity (Wildman–Crippen MR) is 133 cm³/mol. The monoisotopic (exact) mass is 587 g/mol. The number of rotatable bonds is 5. The van der Waals surface area contributed by atoms with Gasteiger partial charge in [-0.05, 0) is 61.4 Å². The van der Waals surface area contributed by atoms with E-state index in [0.717, 1.165) is 22.4 Å². The molecular weight excluding hydrogens is 566 g/mol. The quantitative estimate of drug-likeness (QED) is 0.220. The summed E-state index contributed by atoms with van der Waals surface area (Å²) in [6, 6.07) is 11.7. The Labute approximate surface area is 214 Å². The van der Waals surface area contributed by atoms with Crippen molar-refractivity contribution in [3.05, 3.63) is 64.7 Å². The Bertz CT molecular complexity index is 1200. The lowest BCUT2D eigenvalue weighted by Gasteiger charge is -2.28. The van der Waals surface area contributed by atoms with Crippen LogP contribution in [0.5, 0.6) is 0 Å². The molecule has 0 unspecified atom stereocenters. The third-order valence-electron chi connectivity index (χ3n) is 7.52. The fourth-order valence-corrected chi connectivity index (χ4v) is 7.51. The average Bonchev–Trinajstić information content (AvgIpc) is 3.43. The predicted octanol–water partition coefficient (Wildman–Crippen LogP) is 4.63. The molecule has 3 fully saturated rings. The van der Waals surface area contributed by atoms with E-state index in [-0.39, 0.29) is 62.2 Å². The van der Waals surface area contributed by atoms with Gasteiger partial charge in [-0.2, -0.15) is 0 Å². The van der Waals surface area contributed by atoms with Gasteiger partial charge in [-0.25, -0.2) is 9.69 Å². The number of fused-ring (bicyclic) bond motifs is 5. The van der Waals surface area contributed by atoms with Gasteiger partial charge < -0.3 is 4.74 Å². The topological polar surface area (TPSA) is 80.8 Å². The number of para-hydroxylation sites is 1. The molecule has 2 amide bonds. The fraction of sp³-hybridized carbons (Fsp3) is 0.385. The second-order valence-electron chi connectivity index (χ2n) is 9.33. The van der Waals surface area contributed by atoms with Gasteiger partial charge in [0.25, 0.3) is 0 Å². The first kappa shape index (κ1) is 23.4. The largest absolute Gasteiger partial charge is 0.454 e. The number of carbonyl (C=O) groups excluding carboxylic acids is 4. The van der Waals surface area contributed by atoms with Crippen LogP contribution in [0.25, 0.3) is 0 Å². The Balaban J connectivity index is 1.36. The van der Waals surface area contributed by atoms with Crippen molar-refractivity contribution in [2.24, 2.45) is 23.7 Å². The third kappa shape index (κ3) is 3.57. The molecule has 3 aliphatic rings. The number of Topliss-reactive ketones (excluding diaryl/α,β-unsaturated/α-hetero) is 1. The number of halogens is 2. The number of alkyl halides is 2. The van der Waals surface area contributed by atoms with E-state index in [2.05, 4.69) is 31.9 Å². The minimum absolute atomic E-state index is 0.0792. The lowest BCUT2D eigenvalue weighted by Crippen LogP contribution is -2.37. The van der Waals surface area contributed by atoms with Crippen LogP contribution in [0.4, 0.5) is 5.69 Å². The van der Waals surface area contributed by atoms with Crippen molar-refractivity contribution in [3.8, 4) is 0 Å². The van der Waals surface area contributed by atoms with Crippen LogP contribution in [0.1, 0.15) is 38.3 Å². The highest BCUT2D eigenvalue weighted by Crippen LogP contribution is 2.60. The van der Waals surface area contributed by atoms with Gasteiger partial charge in [0.2, 0.25) is 11.8 Å². The summed E-state index contributed by atoms with van der Waals surface area (Å²) in [5, 5.41) is 0. The number of hydrogen-bond acceptors (Lipinski definition) is 5. The minimum atomic E-state index is -0.745. The average molecular weight is 589 g/mol. The van der Waals surface area contributed by atoms with Gasteiger partial charge in [-0.15, -0.1) is 0 Å². The number of amides is 2. The maximum Gasteiger partial charge on any atom is 0.340 e. The van der Waals surface area contributed by atoms with Gasteiger partial charge in [0, 0.05) is 15.2 Å². The Hall–Kier alpha value is -2.32. The number of carbonyl (C=O) groups is 4. The molecule has 176 valence electrons. The summed E-state index contributed by atoms with van der Waals surface area (Å²) in [7, 11) is 0. The van der Waals surface area contributed by atoms with Crippen LogP contribution in [0.15, 0.2) is 42.5 Å². The molecule has 5 rings (SSSR count). The fourth-order valence-electron chi connectivity index (χ4n) is 5.63. The van der Waals surface area contributed by atoms with E-state index in [9.17, 15) is 19.2 Å². The first-order chi connectivity index (χ1) is 16.2. The number of ketones is 1. The summed E-state index contributed by atoms with van der Waals surface area (Å²) in [6.45, 7) is 3.44. The number of anilines is 1. The van der Waals surface area contributed by atoms with E-state index in [1.54, 1.807) is 30.3 Å². The van der Waals surface area contributed by atoms with E-state index in [0.29, 0.717) is 5.56 Å². The van der Waals surface area contributed by atoms with Crippen molar-refractivity contribution in [2.75, 3.05) is 11.5 Å². The smallest absolute Gasteiger partial charge is 0.340 e. The summed E-state index contributed by atoms with van der Waals surface area (Å²) in [4.78, 5) is 53.7.